The van der Waals surface area contributed by atoms with E-state index < -0.39 is 0 Å². The van der Waals surface area contributed by atoms with Gasteiger partial charge in [0.15, 0.2) is 5.84 Å². The minimum absolute atomic E-state index is 0.645. The molecule has 0 aromatic carbocycles. The van der Waals surface area contributed by atoms with Gasteiger partial charge < -0.3 is 0 Å². The van der Waals surface area contributed by atoms with Crippen molar-refractivity contribution in [3.8, 4) is 0 Å². The van der Waals surface area contributed by atoms with Crippen LogP contribution in [0.2, 0.25) is 0 Å². The Morgan fingerprint density at radius 2 is 2.36 bits per heavy atom. The fraction of sp³-hybridized carbons (Fsp3) is 0.364. The Kier molecular flexibility index (Phi) is 2.15. The van der Waals surface area contributed by atoms with Crippen molar-refractivity contribution in [2.45, 2.75) is 20.3 Å². The molecule has 0 unspecified atom stereocenters. The maximum Gasteiger partial charge on any atom is 0.161 e. The molecule has 0 aromatic heterocycles. The number of hydrogen-bond donors (Lipinski definition) is 1. The number of nitrogens with one attached hydrogen (secondary N) is 1. The van der Waals surface area contributed by atoms with Crippen molar-refractivity contribution in [1.29, 1.82) is 0 Å². The SMILES string of the molecule is C=C1NN=C2C(CC(C)C)=CC=CN12. The summed E-state index contributed by atoms with van der Waals surface area (Å²) in [6, 6.07) is 0. The topological polar surface area (TPSA) is 27.6 Å². The maximum absolute atomic E-state index is 4.25. The largest absolute Gasteiger partial charge is 0.285 e. The normalized spacial score (nSPS) is 19.4. The second kappa shape index (κ2) is 3.33. The van der Waals surface area contributed by atoms with E-state index in [1.807, 2.05) is 17.2 Å². The Labute approximate surface area is 84.5 Å². The predicted molar refractivity (Wildman–Crippen MR) is 58.2 cm³/mol. The lowest BCUT2D eigenvalue weighted by atomic mass is 10.00. The molecule has 3 heteroatoms. The second-order valence-electron chi connectivity index (χ2n) is 4.00. The molecule has 0 fully saturated rings. The van der Waals surface area contributed by atoms with Gasteiger partial charge in [-0.3, -0.25) is 10.3 Å². The minimum Gasteiger partial charge on any atom is -0.285 e. The van der Waals surface area contributed by atoms with Crippen LogP contribution in [0.15, 0.2) is 41.4 Å². The third kappa shape index (κ3) is 1.45. The summed E-state index contributed by atoms with van der Waals surface area (Å²) >= 11 is 0. The molecule has 2 aliphatic rings. The molecular formula is C11H15N3. The predicted octanol–water partition coefficient (Wildman–Crippen LogP) is 2.18. The Balaban J connectivity index is 2.22. The minimum atomic E-state index is 0.645. The number of allylic oxidation sites excluding steroid dienone is 2. The average molecular weight is 189 g/mol. The van der Waals surface area contributed by atoms with E-state index >= 15 is 0 Å². The molecule has 74 valence electrons. The molecule has 0 radical (unpaired) electrons. The van der Waals surface area contributed by atoms with Gasteiger partial charge in [-0.1, -0.05) is 26.5 Å². The van der Waals surface area contributed by atoms with E-state index in [2.05, 4.69) is 37.0 Å². The standard InChI is InChI=1S/C11H15N3/c1-8(2)7-10-5-4-6-14-9(3)12-13-11(10)14/h4-6,8,12H,3,7H2,1-2H3. The van der Waals surface area contributed by atoms with E-state index in [1.165, 1.54) is 5.57 Å². The zero-order valence-corrected chi connectivity index (χ0v) is 8.62. The lowest BCUT2D eigenvalue weighted by molar-refractivity contribution is 0.629. The molecule has 0 aliphatic carbocycles. The van der Waals surface area contributed by atoms with Crippen LogP contribution >= 0.6 is 0 Å². The molecule has 1 N–H and O–H groups in total. The van der Waals surface area contributed by atoms with Crippen LogP contribution in [0, 0.1) is 5.92 Å². The summed E-state index contributed by atoms with van der Waals surface area (Å²) in [6.07, 6.45) is 7.18. The van der Waals surface area contributed by atoms with E-state index in [-0.39, 0.29) is 0 Å². The molecule has 0 aromatic rings. The number of nitrogens with zero attached hydrogens (tertiary/aromatic N) is 2. The molecule has 0 spiro atoms. The monoisotopic (exact) mass is 189 g/mol. The van der Waals surface area contributed by atoms with E-state index in [9.17, 15) is 0 Å². The second-order valence-corrected chi connectivity index (χ2v) is 4.00. The summed E-state index contributed by atoms with van der Waals surface area (Å²) in [6.45, 7) is 8.29. The van der Waals surface area contributed by atoms with E-state index in [1.54, 1.807) is 0 Å². The number of rotatable bonds is 2. The van der Waals surface area contributed by atoms with Gasteiger partial charge in [0.05, 0.1) is 0 Å². The van der Waals surface area contributed by atoms with Gasteiger partial charge in [-0.05, 0) is 24.0 Å². The van der Waals surface area contributed by atoms with Crippen LogP contribution in [-0.2, 0) is 0 Å². The Morgan fingerprint density at radius 3 is 3.07 bits per heavy atom. The highest BCUT2D eigenvalue weighted by atomic mass is 15.5. The average Bonchev–Trinajstić information content (AvgIpc) is 2.49. The number of hydrogen-bond acceptors (Lipinski definition) is 3. The molecule has 14 heavy (non-hydrogen) atoms. The molecule has 3 nitrogen and oxygen atoms in total. The van der Waals surface area contributed by atoms with Gasteiger partial charge in [0.25, 0.3) is 0 Å². The van der Waals surface area contributed by atoms with Crippen LogP contribution in [-0.4, -0.2) is 10.7 Å². The molecule has 2 aliphatic heterocycles. The fourth-order valence-corrected chi connectivity index (χ4v) is 1.66. The first-order chi connectivity index (χ1) is 6.68. The first kappa shape index (κ1) is 9.06. The van der Waals surface area contributed by atoms with Crippen LogP contribution in [0.5, 0.6) is 0 Å². The first-order valence-corrected chi connectivity index (χ1v) is 4.88. The lowest BCUT2D eigenvalue weighted by Crippen LogP contribution is -2.25. The number of amidine groups is 1. The van der Waals surface area contributed by atoms with Crippen molar-refractivity contribution in [2.24, 2.45) is 11.0 Å². The number of hydrazone groups is 1. The van der Waals surface area contributed by atoms with E-state index in [4.69, 9.17) is 0 Å². The highest BCUT2D eigenvalue weighted by Gasteiger charge is 2.24. The molecule has 0 saturated heterocycles. The van der Waals surface area contributed by atoms with Crippen molar-refractivity contribution in [3.05, 3.63) is 36.3 Å². The highest BCUT2D eigenvalue weighted by Crippen LogP contribution is 2.23. The van der Waals surface area contributed by atoms with Crippen molar-refractivity contribution in [3.63, 3.8) is 0 Å². The molecule has 2 heterocycles. The molecule has 0 bridgehead atoms. The molecule has 0 amide bonds. The van der Waals surface area contributed by atoms with Crippen LogP contribution in [0.25, 0.3) is 0 Å². The zero-order valence-electron chi connectivity index (χ0n) is 8.62. The van der Waals surface area contributed by atoms with Crippen LogP contribution in [0.1, 0.15) is 20.3 Å². The zero-order chi connectivity index (χ0) is 10.1. The summed E-state index contributed by atoms with van der Waals surface area (Å²) in [4.78, 5) is 1.98. The number of fused-ring (bicyclic) bond motifs is 1. The summed E-state index contributed by atoms with van der Waals surface area (Å²) in [7, 11) is 0. The Morgan fingerprint density at radius 1 is 1.57 bits per heavy atom. The van der Waals surface area contributed by atoms with Gasteiger partial charge >= 0.3 is 0 Å². The maximum atomic E-state index is 4.25. The third-order valence-corrected chi connectivity index (χ3v) is 2.26. The van der Waals surface area contributed by atoms with Crippen molar-refractivity contribution >= 4 is 5.84 Å². The summed E-state index contributed by atoms with van der Waals surface area (Å²) in [5.74, 6) is 2.46. The van der Waals surface area contributed by atoms with Crippen molar-refractivity contribution < 1.29 is 0 Å². The third-order valence-electron chi connectivity index (χ3n) is 2.26. The van der Waals surface area contributed by atoms with Gasteiger partial charge in [0.2, 0.25) is 0 Å². The molecule has 0 saturated carbocycles. The smallest absolute Gasteiger partial charge is 0.161 e. The summed E-state index contributed by atoms with van der Waals surface area (Å²) in [5.41, 5.74) is 4.16. The summed E-state index contributed by atoms with van der Waals surface area (Å²) < 4.78 is 0. The molecular weight excluding hydrogens is 174 g/mol. The van der Waals surface area contributed by atoms with Gasteiger partial charge in [0.1, 0.15) is 5.82 Å². The van der Waals surface area contributed by atoms with Crippen LogP contribution < -0.4 is 5.43 Å². The van der Waals surface area contributed by atoms with Gasteiger partial charge in [-0.2, -0.15) is 5.10 Å². The first-order valence-electron chi connectivity index (χ1n) is 4.88. The van der Waals surface area contributed by atoms with E-state index in [0.29, 0.717) is 5.92 Å². The van der Waals surface area contributed by atoms with Crippen molar-refractivity contribution in [1.82, 2.24) is 10.3 Å². The fourth-order valence-electron chi connectivity index (χ4n) is 1.66. The van der Waals surface area contributed by atoms with Crippen LogP contribution in [0.3, 0.4) is 0 Å². The quantitative estimate of drug-likeness (QED) is 0.721. The van der Waals surface area contributed by atoms with Gasteiger partial charge in [-0.25, -0.2) is 0 Å². The van der Waals surface area contributed by atoms with Crippen LogP contribution in [0.4, 0.5) is 0 Å². The van der Waals surface area contributed by atoms with Gasteiger partial charge in [-0.15, -0.1) is 0 Å². The molecule has 0 atom stereocenters. The van der Waals surface area contributed by atoms with Gasteiger partial charge in [0, 0.05) is 6.20 Å². The Bertz CT molecular complexity index is 348. The van der Waals surface area contributed by atoms with Crippen molar-refractivity contribution in [2.75, 3.05) is 0 Å². The Hall–Kier alpha value is -1.51. The van der Waals surface area contributed by atoms with E-state index in [0.717, 1.165) is 18.1 Å². The summed E-state index contributed by atoms with van der Waals surface area (Å²) in [5, 5.41) is 4.25. The highest BCUT2D eigenvalue weighted by molar-refractivity contribution is 6.02. The molecule has 2 rings (SSSR count). The lowest BCUT2D eigenvalue weighted by Gasteiger charge is -2.21.